The van der Waals surface area contributed by atoms with Gasteiger partial charge in [-0.15, -0.1) is 0 Å². The third-order valence-electron chi connectivity index (χ3n) is 3.83. The summed E-state index contributed by atoms with van der Waals surface area (Å²) in [6.45, 7) is 5.37. The number of hydrogen-bond acceptors (Lipinski definition) is 4. The molecule has 0 unspecified atom stereocenters. The van der Waals surface area contributed by atoms with Gasteiger partial charge in [0.1, 0.15) is 5.75 Å². The largest absolute Gasteiger partial charge is 0.497 e. The van der Waals surface area contributed by atoms with Crippen molar-refractivity contribution in [1.82, 2.24) is 0 Å². The van der Waals surface area contributed by atoms with Gasteiger partial charge in [-0.2, -0.15) is 0 Å². The van der Waals surface area contributed by atoms with Crippen molar-refractivity contribution >= 4 is 17.8 Å². The van der Waals surface area contributed by atoms with Crippen molar-refractivity contribution in [3.63, 3.8) is 0 Å². The molecular weight excluding hydrogens is 316 g/mol. The quantitative estimate of drug-likeness (QED) is 0.451. The zero-order valence-electron chi connectivity index (χ0n) is 14.9. The predicted octanol–water partition coefficient (Wildman–Crippen LogP) is 4.14. The summed E-state index contributed by atoms with van der Waals surface area (Å²) >= 11 is 0. The highest BCUT2D eigenvalue weighted by atomic mass is 16.5. The van der Waals surface area contributed by atoms with Crippen molar-refractivity contribution in [2.24, 2.45) is 0 Å². The average molecular weight is 338 g/mol. The summed E-state index contributed by atoms with van der Waals surface area (Å²) < 4.78 is 10.4. The van der Waals surface area contributed by atoms with Crippen molar-refractivity contribution in [2.45, 2.75) is 26.9 Å². The van der Waals surface area contributed by atoms with E-state index in [0.717, 1.165) is 16.7 Å². The molecule has 0 fully saturated rings. The molecule has 2 aromatic carbocycles. The lowest BCUT2D eigenvalue weighted by molar-refractivity contribution is -0.140. The van der Waals surface area contributed by atoms with Crippen LogP contribution in [0.5, 0.6) is 5.75 Å². The fourth-order valence-electron chi connectivity index (χ4n) is 2.40. The van der Waals surface area contributed by atoms with Crippen LogP contribution in [0.25, 0.3) is 6.08 Å². The minimum atomic E-state index is -0.844. The summed E-state index contributed by atoms with van der Waals surface area (Å²) in [5, 5.41) is 0. The van der Waals surface area contributed by atoms with Gasteiger partial charge in [0.05, 0.1) is 7.11 Å². The van der Waals surface area contributed by atoms with E-state index in [4.69, 9.17) is 9.47 Å². The summed E-state index contributed by atoms with van der Waals surface area (Å²) in [6.07, 6.45) is 2.09. The summed E-state index contributed by atoms with van der Waals surface area (Å²) in [6, 6.07) is 12.9. The lowest BCUT2D eigenvalue weighted by atomic mass is 9.99. The normalized spacial score (nSPS) is 12.0. The van der Waals surface area contributed by atoms with Crippen LogP contribution in [0.15, 0.2) is 48.5 Å². The van der Waals surface area contributed by atoms with Gasteiger partial charge < -0.3 is 9.47 Å². The van der Waals surface area contributed by atoms with Crippen molar-refractivity contribution in [2.75, 3.05) is 7.11 Å². The van der Waals surface area contributed by atoms with Crippen LogP contribution < -0.4 is 4.74 Å². The summed E-state index contributed by atoms with van der Waals surface area (Å²) in [5.41, 5.74) is 3.25. The smallest absolute Gasteiger partial charge is 0.331 e. The van der Waals surface area contributed by atoms with E-state index in [-0.39, 0.29) is 5.78 Å². The van der Waals surface area contributed by atoms with Crippen LogP contribution in [0.2, 0.25) is 0 Å². The zero-order chi connectivity index (χ0) is 18.4. The number of carbonyl (C=O) groups excluding carboxylic acids is 2. The van der Waals surface area contributed by atoms with Crippen molar-refractivity contribution in [1.29, 1.82) is 0 Å². The van der Waals surface area contributed by atoms with Crippen molar-refractivity contribution in [3.8, 4) is 5.75 Å². The number of esters is 1. The van der Waals surface area contributed by atoms with Crippen molar-refractivity contribution < 1.29 is 19.1 Å². The molecule has 25 heavy (non-hydrogen) atoms. The Hall–Kier alpha value is -2.88. The van der Waals surface area contributed by atoms with Gasteiger partial charge in [0.25, 0.3) is 0 Å². The molecule has 0 saturated heterocycles. The second kappa shape index (κ2) is 8.29. The Morgan fingerprint density at radius 1 is 1.08 bits per heavy atom. The zero-order valence-corrected chi connectivity index (χ0v) is 14.9. The lowest BCUT2D eigenvalue weighted by Crippen LogP contribution is -2.24. The summed E-state index contributed by atoms with van der Waals surface area (Å²) in [5.74, 6) is -0.0627. The van der Waals surface area contributed by atoms with E-state index >= 15 is 0 Å². The molecule has 4 nitrogen and oxygen atoms in total. The first-order chi connectivity index (χ1) is 11.9. The molecule has 130 valence electrons. The van der Waals surface area contributed by atoms with Crippen LogP contribution in [0, 0.1) is 13.8 Å². The topological polar surface area (TPSA) is 52.6 Å². The molecule has 0 aromatic heterocycles. The van der Waals surface area contributed by atoms with Crippen molar-refractivity contribution in [3.05, 3.63) is 70.8 Å². The van der Waals surface area contributed by atoms with Gasteiger partial charge in [0.2, 0.25) is 5.78 Å². The first-order valence-corrected chi connectivity index (χ1v) is 8.05. The van der Waals surface area contributed by atoms with Gasteiger partial charge in [0, 0.05) is 11.6 Å². The Morgan fingerprint density at radius 2 is 1.84 bits per heavy atom. The first kappa shape index (κ1) is 18.5. The molecule has 1 atom stereocenters. The number of aryl methyl sites for hydroxylation is 2. The highest BCUT2D eigenvalue weighted by Gasteiger charge is 2.20. The monoisotopic (exact) mass is 338 g/mol. The molecule has 0 N–H and O–H groups in total. The van der Waals surface area contributed by atoms with Gasteiger partial charge in [-0.25, -0.2) is 4.79 Å². The Morgan fingerprint density at radius 3 is 2.56 bits per heavy atom. The Bertz CT molecular complexity index is 805. The van der Waals surface area contributed by atoms with Crippen LogP contribution in [0.1, 0.15) is 34.0 Å². The van der Waals surface area contributed by atoms with E-state index in [1.807, 2.05) is 50.2 Å². The Balaban J connectivity index is 2.02. The van der Waals surface area contributed by atoms with Crippen LogP contribution >= 0.6 is 0 Å². The molecular formula is C21H22O4. The van der Waals surface area contributed by atoms with E-state index in [1.54, 1.807) is 26.2 Å². The maximum atomic E-state index is 12.5. The second-order valence-electron chi connectivity index (χ2n) is 5.87. The fourth-order valence-corrected chi connectivity index (χ4v) is 2.40. The summed E-state index contributed by atoms with van der Waals surface area (Å²) in [4.78, 5) is 24.5. The van der Waals surface area contributed by atoms with Gasteiger partial charge in [-0.1, -0.05) is 29.8 Å². The molecule has 0 heterocycles. The number of carbonyl (C=O) groups is 2. The molecule has 0 aliphatic heterocycles. The SMILES string of the molecule is COc1cccc(/C=C/C(=O)O[C@@H](C)C(=O)c2cc(C)ccc2C)c1. The number of methoxy groups -OCH3 is 1. The standard InChI is InChI=1S/C21H22O4/c1-14-8-9-15(2)19(12-14)21(23)16(3)25-20(22)11-10-17-6-5-7-18(13-17)24-4/h5-13,16H,1-4H3/b11-10+/t16-/m0/s1. The molecule has 0 bridgehead atoms. The Labute approximate surface area is 148 Å². The molecule has 4 heteroatoms. The van der Waals surface area contributed by atoms with E-state index < -0.39 is 12.1 Å². The van der Waals surface area contributed by atoms with E-state index in [2.05, 4.69) is 0 Å². The third kappa shape index (κ3) is 5.05. The van der Waals surface area contributed by atoms with Crippen LogP contribution in [-0.2, 0) is 9.53 Å². The number of ether oxygens (including phenoxy) is 2. The first-order valence-electron chi connectivity index (χ1n) is 8.05. The minimum Gasteiger partial charge on any atom is -0.497 e. The second-order valence-corrected chi connectivity index (χ2v) is 5.87. The summed E-state index contributed by atoms with van der Waals surface area (Å²) in [7, 11) is 1.58. The van der Waals surface area contributed by atoms with E-state index in [9.17, 15) is 9.59 Å². The van der Waals surface area contributed by atoms with Gasteiger partial charge >= 0.3 is 5.97 Å². The minimum absolute atomic E-state index is 0.204. The van der Waals surface area contributed by atoms with Gasteiger partial charge in [-0.3, -0.25) is 4.79 Å². The fraction of sp³-hybridized carbons (Fsp3) is 0.238. The van der Waals surface area contributed by atoms with Gasteiger partial charge in [-0.05, 0) is 56.2 Å². The molecule has 0 amide bonds. The highest BCUT2D eigenvalue weighted by molar-refractivity contribution is 6.02. The highest BCUT2D eigenvalue weighted by Crippen LogP contribution is 2.16. The third-order valence-corrected chi connectivity index (χ3v) is 3.83. The molecule has 0 aliphatic rings. The number of hydrogen-bond donors (Lipinski definition) is 0. The number of rotatable bonds is 6. The lowest BCUT2D eigenvalue weighted by Gasteiger charge is -2.13. The van der Waals surface area contributed by atoms with Crippen LogP contribution in [-0.4, -0.2) is 25.0 Å². The molecule has 2 rings (SSSR count). The molecule has 2 aromatic rings. The number of Topliss-reactive ketones (excluding diaryl/α,β-unsaturated/α-hetero) is 1. The molecule has 0 radical (unpaired) electrons. The van der Waals surface area contributed by atoms with E-state index in [0.29, 0.717) is 11.3 Å². The van der Waals surface area contributed by atoms with Crippen LogP contribution in [0.4, 0.5) is 0 Å². The molecule has 0 spiro atoms. The number of benzene rings is 2. The molecule has 0 saturated carbocycles. The van der Waals surface area contributed by atoms with Gasteiger partial charge in [0.15, 0.2) is 6.10 Å². The van der Waals surface area contributed by atoms with Crippen LogP contribution in [0.3, 0.4) is 0 Å². The maximum absolute atomic E-state index is 12.5. The molecule has 0 aliphatic carbocycles. The Kier molecular flexibility index (Phi) is 6.12. The maximum Gasteiger partial charge on any atom is 0.331 e. The predicted molar refractivity (Wildman–Crippen MR) is 97.8 cm³/mol. The number of ketones is 1. The van der Waals surface area contributed by atoms with E-state index in [1.165, 1.54) is 6.08 Å². The average Bonchev–Trinajstić information content (AvgIpc) is 2.61.